The Kier molecular flexibility index (Phi) is 4.36. The van der Waals surface area contributed by atoms with Gasteiger partial charge in [-0.3, -0.25) is 24.3 Å². The fraction of sp³-hybridized carbons (Fsp3) is 0.867. The van der Waals surface area contributed by atoms with Gasteiger partial charge in [0.15, 0.2) is 0 Å². The zero-order chi connectivity index (χ0) is 13.9. The van der Waals surface area contributed by atoms with E-state index in [-0.39, 0.29) is 11.8 Å². The third-order valence-corrected chi connectivity index (χ3v) is 4.99. The van der Waals surface area contributed by atoms with Gasteiger partial charge in [0.05, 0.1) is 6.67 Å². The summed E-state index contributed by atoms with van der Waals surface area (Å²) in [5.74, 6) is 0.00872. The van der Waals surface area contributed by atoms with Gasteiger partial charge in [-0.15, -0.1) is 0 Å². The minimum Gasteiger partial charge on any atom is -0.298 e. The van der Waals surface area contributed by atoms with Gasteiger partial charge in [0, 0.05) is 45.1 Å². The second-order valence-corrected chi connectivity index (χ2v) is 6.30. The summed E-state index contributed by atoms with van der Waals surface area (Å²) in [5.41, 5.74) is 0. The summed E-state index contributed by atoms with van der Waals surface area (Å²) in [6, 6.07) is 0.779. The Labute approximate surface area is 120 Å². The van der Waals surface area contributed by atoms with Crippen molar-refractivity contribution in [2.75, 3.05) is 32.8 Å². The molecule has 112 valence electrons. The number of imide groups is 1. The Morgan fingerprint density at radius 1 is 0.850 bits per heavy atom. The maximum Gasteiger partial charge on any atom is 0.230 e. The molecule has 0 N–H and O–H groups in total. The molecule has 0 aromatic carbocycles. The molecule has 5 heteroatoms. The highest BCUT2D eigenvalue weighted by Crippen LogP contribution is 2.23. The Morgan fingerprint density at radius 2 is 1.45 bits per heavy atom. The molecule has 2 amide bonds. The van der Waals surface area contributed by atoms with Gasteiger partial charge in [0.1, 0.15) is 0 Å². The lowest BCUT2D eigenvalue weighted by molar-refractivity contribution is -0.141. The van der Waals surface area contributed by atoms with Gasteiger partial charge in [-0.2, -0.15) is 0 Å². The molecular weight excluding hydrogens is 254 g/mol. The van der Waals surface area contributed by atoms with E-state index in [9.17, 15) is 9.59 Å². The average Bonchev–Trinajstić information content (AvgIpc) is 2.81. The van der Waals surface area contributed by atoms with Gasteiger partial charge in [0.2, 0.25) is 11.8 Å². The van der Waals surface area contributed by atoms with Crippen LogP contribution in [0.2, 0.25) is 0 Å². The number of rotatable bonds is 3. The summed E-state index contributed by atoms with van der Waals surface area (Å²) in [5, 5.41) is 0. The van der Waals surface area contributed by atoms with Crippen molar-refractivity contribution >= 4 is 11.8 Å². The van der Waals surface area contributed by atoms with E-state index >= 15 is 0 Å². The fourth-order valence-corrected chi connectivity index (χ4v) is 3.70. The summed E-state index contributed by atoms with van der Waals surface area (Å²) in [4.78, 5) is 29.6. The zero-order valence-corrected chi connectivity index (χ0v) is 12.2. The Hall–Kier alpha value is -0.940. The second-order valence-electron chi connectivity index (χ2n) is 6.30. The lowest BCUT2D eigenvalue weighted by atomic mass is 9.94. The predicted molar refractivity (Wildman–Crippen MR) is 76.0 cm³/mol. The number of carbonyl (C=O) groups is 2. The lowest BCUT2D eigenvalue weighted by Gasteiger charge is -2.41. The van der Waals surface area contributed by atoms with Crippen LogP contribution in [0.15, 0.2) is 0 Å². The van der Waals surface area contributed by atoms with Crippen molar-refractivity contribution in [2.45, 2.75) is 51.0 Å². The van der Waals surface area contributed by atoms with Crippen molar-refractivity contribution in [3.63, 3.8) is 0 Å². The van der Waals surface area contributed by atoms with Crippen LogP contribution < -0.4 is 0 Å². The van der Waals surface area contributed by atoms with Crippen molar-refractivity contribution in [1.82, 2.24) is 14.7 Å². The minimum absolute atomic E-state index is 0.00436. The standard InChI is InChI=1S/C15H25N3O2/c19-14-6-7-15(20)18(14)12-16-8-10-17(11-9-16)13-4-2-1-3-5-13/h13H,1-12H2. The number of hydrogen-bond acceptors (Lipinski definition) is 4. The van der Waals surface area contributed by atoms with Gasteiger partial charge < -0.3 is 0 Å². The third kappa shape index (κ3) is 3.04. The van der Waals surface area contributed by atoms with Crippen LogP contribution in [0.25, 0.3) is 0 Å². The SMILES string of the molecule is O=C1CCC(=O)N1CN1CCN(C2CCCCC2)CC1. The normalized spacial score (nSPS) is 27.5. The van der Waals surface area contributed by atoms with Crippen LogP contribution >= 0.6 is 0 Å². The molecule has 1 saturated carbocycles. The summed E-state index contributed by atoms with van der Waals surface area (Å²) in [7, 11) is 0. The minimum atomic E-state index is 0.00436. The van der Waals surface area contributed by atoms with Gasteiger partial charge in [-0.05, 0) is 12.8 Å². The number of hydrogen-bond donors (Lipinski definition) is 0. The van der Waals surface area contributed by atoms with E-state index in [1.165, 1.54) is 37.0 Å². The summed E-state index contributed by atoms with van der Waals surface area (Å²) >= 11 is 0. The molecule has 0 bridgehead atoms. The molecule has 0 aromatic rings. The molecule has 0 aromatic heterocycles. The Morgan fingerprint density at radius 3 is 2.05 bits per heavy atom. The van der Waals surface area contributed by atoms with Crippen LogP contribution in [0.3, 0.4) is 0 Å². The van der Waals surface area contributed by atoms with Gasteiger partial charge in [-0.25, -0.2) is 0 Å². The summed E-state index contributed by atoms with van der Waals surface area (Å²) in [6.07, 6.45) is 7.66. The monoisotopic (exact) mass is 279 g/mol. The van der Waals surface area contributed by atoms with E-state index < -0.39 is 0 Å². The highest BCUT2D eigenvalue weighted by Gasteiger charge is 2.32. The van der Waals surface area contributed by atoms with Crippen molar-refractivity contribution < 1.29 is 9.59 Å². The number of carbonyl (C=O) groups excluding carboxylic acids is 2. The number of nitrogens with zero attached hydrogens (tertiary/aromatic N) is 3. The average molecular weight is 279 g/mol. The first kappa shape index (κ1) is 14.0. The predicted octanol–water partition coefficient (Wildman–Crippen LogP) is 1.04. The van der Waals surface area contributed by atoms with Crippen molar-refractivity contribution in [3.8, 4) is 0 Å². The Balaban J connectivity index is 1.46. The largest absolute Gasteiger partial charge is 0.298 e. The zero-order valence-electron chi connectivity index (χ0n) is 12.2. The number of piperazine rings is 1. The quantitative estimate of drug-likeness (QED) is 0.724. The van der Waals surface area contributed by atoms with Crippen LogP contribution in [0.4, 0.5) is 0 Å². The molecule has 1 aliphatic carbocycles. The molecule has 2 saturated heterocycles. The van der Waals surface area contributed by atoms with Crippen LogP contribution in [-0.2, 0) is 9.59 Å². The highest BCUT2D eigenvalue weighted by atomic mass is 16.2. The molecule has 3 fully saturated rings. The number of likely N-dealkylation sites (tertiary alicyclic amines) is 1. The van der Waals surface area contributed by atoms with Crippen molar-refractivity contribution in [2.24, 2.45) is 0 Å². The molecule has 3 rings (SSSR count). The fourth-order valence-electron chi connectivity index (χ4n) is 3.70. The van der Waals surface area contributed by atoms with E-state index in [1.54, 1.807) is 0 Å². The highest BCUT2D eigenvalue weighted by molar-refractivity contribution is 6.01. The first-order chi connectivity index (χ1) is 9.74. The maximum atomic E-state index is 11.6. The van der Waals surface area contributed by atoms with Crippen LogP contribution in [0, 0.1) is 0 Å². The third-order valence-electron chi connectivity index (χ3n) is 4.99. The molecule has 20 heavy (non-hydrogen) atoms. The molecule has 0 radical (unpaired) electrons. The van der Waals surface area contributed by atoms with E-state index in [0.29, 0.717) is 19.5 Å². The van der Waals surface area contributed by atoms with E-state index in [0.717, 1.165) is 32.2 Å². The first-order valence-corrected chi connectivity index (χ1v) is 8.03. The van der Waals surface area contributed by atoms with Crippen LogP contribution in [0.1, 0.15) is 44.9 Å². The van der Waals surface area contributed by atoms with Crippen LogP contribution in [-0.4, -0.2) is 65.4 Å². The molecule has 0 unspecified atom stereocenters. The van der Waals surface area contributed by atoms with E-state index in [2.05, 4.69) is 9.80 Å². The smallest absolute Gasteiger partial charge is 0.230 e. The molecule has 3 aliphatic rings. The molecule has 2 aliphatic heterocycles. The molecule has 2 heterocycles. The maximum absolute atomic E-state index is 11.6. The van der Waals surface area contributed by atoms with Gasteiger partial charge in [0.25, 0.3) is 0 Å². The van der Waals surface area contributed by atoms with Crippen molar-refractivity contribution in [3.05, 3.63) is 0 Å². The van der Waals surface area contributed by atoms with Crippen molar-refractivity contribution in [1.29, 1.82) is 0 Å². The van der Waals surface area contributed by atoms with Crippen LogP contribution in [0.5, 0.6) is 0 Å². The lowest BCUT2D eigenvalue weighted by Crippen LogP contribution is -2.53. The molecular formula is C15H25N3O2. The molecule has 0 spiro atoms. The summed E-state index contributed by atoms with van der Waals surface area (Å²) < 4.78 is 0. The number of amides is 2. The molecule has 0 atom stereocenters. The topological polar surface area (TPSA) is 43.9 Å². The van der Waals surface area contributed by atoms with Gasteiger partial charge in [-0.1, -0.05) is 19.3 Å². The molecule has 5 nitrogen and oxygen atoms in total. The van der Waals surface area contributed by atoms with E-state index in [4.69, 9.17) is 0 Å². The second kappa shape index (κ2) is 6.22. The summed E-state index contributed by atoms with van der Waals surface area (Å²) in [6.45, 7) is 4.64. The first-order valence-electron chi connectivity index (χ1n) is 8.03. The van der Waals surface area contributed by atoms with E-state index in [1.807, 2.05) is 0 Å². The Bertz CT molecular complexity index is 355. The van der Waals surface area contributed by atoms with Gasteiger partial charge >= 0.3 is 0 Å².